The number of fused-ring (bicyclic) bond motifs is 4. The number of methoxy groups -OCH3 is 1. The van der Waals surface area contributed by atoms with E-state index in [1.54, 1.807) is 13.8 Å². The Morgan fingerprint density at radius 3 is 2.68 bits per heavy atom. The Morgan fingerprint density at radius 1 is 1.28 bits per heavy atom. The Hall–Kier alpha value is -4.41. The van der Waals surface area contributed by atoms with Crippen LogP contribution in [-0.4, -0.2) is 88.0 Å². The summed E-state index contributed by atoms with van der Waals surface area (Å²) in [7, 11) is 5.26. The Labute approximate surface area is 280 Å². The topological polar surface area (TPSA) is 186 Å². The fourth-order valence-electron chi connectivity index (χ4n) is 5.30. The van der Waals surface area contributed by atoms with Crippen LogP contribution in [0.15, 0.2) is 34.7 Å². The molecule has 0 bridgehead atoms. The maximum absolute atomic E-state index is 14.0. The normalized spacial score (nSPS) is 14.7. The van der Waals surface area contributed by atoms with E-state index in [-0.39, 0.29) is 47.3 Å². The number of ether oxygens (including phenoxy) is 2. The van der Waals surface area contributed by atoms with E-state index in [1.165, 1.54) is 75.9 Å². The molecule has 1 aliphatic rings. The Bertz CT molecular complexity index is 1930. The van der Waals surface area contributed by atoms with Crippen LogP contribution in [0.3, 0.4) is 0 Å². The zero-order valence-corrected chi connectivity index (χ0v) is 27.9. The molecule has 0 radical (unpaired) electrons. The first kappa shape index (κ1) is 33.9. The summed E-state index contributed by atoms with van der Waals surface area (Å²) in [6.07, 6.45) is -0.723. The number of carbonyl (C=O) groups excluding carboxylic acids is 3. The van der Waals surface area contributed by atoms with Gasteiger partial charge in [-0.1, -0.05) is 21.6 Å². The van der Waals surface area contributed by atoms with Gasteiger partial charge in [0.2, 0.25) is 0 Å². The number of aromatic nitrogens is 1. The first-order valence-corrected chi connectivity index (χ1v) is 17.0. The Morgan fingerprint density at radius 2 is 2.02 bits per heavy atom. The van der Waals surface area contributed by atoms with E-state index in [0.717, 1.165) is 0 Å². The second kappa shape index (κ2) is 13.8. The van der Waals surface area contributed by atoms with Crippen LogP contribution in [0.1, 0.15) is 45.0 Å². The maximum Gasteiger partial charge on any atom is 0.415 e. The van der Waals surface area contributed by atoms with Crippen LogP contribution in [0.25, 0.3) is 21.9 Å². The summed E-state index contributed by atoms with van der Waals surface area (Å²) in [6, 6.07) is 6.94. The molecule has 2 aromatic heterocycles. The summed E-state index contributed by atoms with van der Waals surface area (Å²) in [5.41, 5.74) is 2.02. The molecule has 2 N–H and O–H groups in total. The van der Waals surface area contributed by atoms with Crippen LogP contribution >= 0.6 is 33.2 Å². The number of carbonyl (C=O) groups is 4. The molecule has 14 nitrogen and oxygen atoms in total. The fraction of sp³-hybridized carbons (Fsp3) is 0.333. The third kappa shape index (κ3) is 6.57. The van der Waals surface area contributed by atoms with Gasteiger partial charge in [-0.15, -0.1) is 11.6 Å². The highest BCUT2D eigenvalue weighted by atomic mass is 35.5. The Balaban J connectivity index is 1.53. The lowest BCUT2D eigenvalue weighted by Crippen LogP contribution is -2.32. The molecule has 17 heteroatoms. The largest absolute Gasteiger partial charge is 0.480 e. The highest BCUT2D eigenvalue weighted by Gasteiger charge is 2.39. The van der Waals surface area contributed by atoms with E-state index in [2.05, 4.69) is 4.98 Å². The van der Waals surface area contributed by atoms with Crippen molar-refractivity contribution in [2.45, 2.75) is 25.0 Å². The molecule has 3 heterocycles. The second-order valence-electron chi connectivity index (χ2n) is 10.7. The van der Waals surface area contributed by atoms with E-state index in [0.29, 0.717) is 39.0 Å². The summed E-state index contributed by atoms with van der Waals surface area (Å²) in [5, 5.41) is 20.5. The number of aliphatic carboxylic acids is 1. The van der Waals surface area contributed by atoms with Crippen LogP contribution in [-0.2, 0) is 9.53 Å². The van der Waals surface area contributed by atoms with Crippen molar-refractivity contribution in [3.8, 4) is 5.75 Å². The van der Waals surface area contributed by atoms with Gasteiger partial charge in [0.15, 0.2) is 11.5 Å². The Kier molecular flexibility index (Phi) is 9.93. The third-order valence-corrected chi connectivity index (χ3v) is 10.8. The number of aryl methyl sites for hydroxylation is 1. The van der Waals surface area contributed by atoms with Crippen molar-refractivity contribution >= 4 is 90.4 Å². The SMILES string of the molecule is COC(=O)c1c(C)[nH]c2c(OC(=O)N(C)CCSSC(C)C(=O)O)cc3c(c12)[C@H](CCl)CN3C(=O)c1cc2cc([N+](=O)[O-])ccc2o1. The number of carboxylic acid groups (broad SMARTS) is 1. The number of H-pyrrole nitrogens is 1. The smallest absolute Gasteiger partial charge is 0.415 e. The molecule has 0 fully saturated rings. The van der Waals surface area contributed by atoms with Gasteiger partial charge in [-0.05, 0) is 31.5 Å². The lowest BCUT2D eigenvalue weighted by Gasteiger charge is -2.19. The predicted octanol–water partition coefficient (Wildman–Crippen LogP) is 6.19. The summed E-state index contributed by atoms with van der Waals surface area (Å²) in [4.78, 5) is 67.9. The van der Waals surface area contributed by atoms with Gasteiger partial charge in [-0.3, -0.25) is 19.7 Å². The number of benzene rings is 2. The number of halogens is 1. The number of non-ortho nitro benzene ring substituents is 1. The van der Waals surface area contributed by atoms with E-state index in [4.69, 9.17) is 30.6 Å². The third-order valence-electron chi connectivity index (χ3n) is 7.67. The number of nitrogens with zero attached hydrogens (tertiary/aromatic N) is 3. The number of hydrogen-bond donors (Lipinski definition) is 2. The average Bonchev–Trinajstić information content (AvgIpc) is 3.74. The number of esters is 1. The molecule has 248 valence electrons. The van der Waals surface area contributed by atoms with Gasteiger partial charge in [0.25, 0.3) is 11.6 Å². The molecule has 1 aliphatic heterocycles. The number of hydrogen-bond acceptors (Lipinski definition) is 11. The van der Waals surface area contributed by atoms with Gasteiger partial charge in [-0.2, -0.15) is 0 Å². The molecule has 4 aromatic rings. The van der Waals surface area contributed by atoms with Gasteiger partial charge >= 0.3 is 18.0 Å². The van der Waals surface area contributed by atoms with E-state index in [1.807, 2.05) is 0 Å². The number of anilines is 1. The number of furan rings is 1. The number of aromatic amines is 1. The van der Waals surface area contributed by atoms with Crippen molar-refractivity contribution in [2.24, 2.45) is 0 Å². The minimum absolute atomic E-state index is 0.0450. The summed E-state index contributed by atoms with van der Waals surface area (Å²) in [6.45, 7) is 3.60. The minimum atomic E-state index is -0.934. The van der Waals surface area contributed by atoms with Crippen molar-refractivity contribution in [1.82, 2.24) is 9.88 Å². The number of alkyl halides is 1. The van der Waals surface area contributed by atoms with Crippen LogP contribution in [0.5, 0.6) is 5.75 Å². The first-order valence-electron chi connectivity index (χ1n) is 14.1. The highest BCUT2D eigenvalue weighted by molar-refractivity contribution is 8.77. The molecule has 0 spiro atoms. The molecule has 1 unspecified atom stereocenters. The van der Waals surface area contributed by atoms with Crippen molar-refractivity contribution < 1.29 is 43.1 Å². The summed E-state index contributed by atoms with van der Waals surface area (Å²) < 4.78 is 16.7. The van der Waals surface area contributed by atoms with Crippen molar-refractivity contribution in [3.05, 3.63) is 63.0 Å². The maximum atomic E-state index is 14.0. The molecule has 0 aliphatic carbocycles. The average molecular weight is 705 g/mol. The summed E-state index contributed by atoms with van der Waals surface area (Å²) in [5.74, 6) is -2.09. The van der Waals surface area contributed by atoms with Crippen LogP contribution in [0, 0.1) is 17.0 Å². The van der Waals surface area contributed by atoms with Crippen molar-refractivity contribution in [3.63, 3.8) is 0 Å². The highest BCUT2D eigenvalue weighted by Crippen LogP contribution is 2.48. The quantitative estimate of drug-likeness (QED) is 0.0451. The number of rotatable bonds is 11. The lowest BCUT2D eigenvalue weighted by atomic mass is 9.95. The van der Waals surface area contributed by atoms with Gasteiger partial charge in [0.05, 0.1) is 28.8 Å². The number of carboxylic acids is 1. The molecule has 2 amide bonds. The molecular weight excluding hydrogens is 676 g/mol. The molecular formula is C30H29ClN4O10S2. The monoisotopic (exact) mass is 704 g/mol. The molecule has 0 saturated heterocycles. The molecule has 0 saturated carbocycles. The standard InChI is InChI=1S/C30H29ClN4O10S2/c1-14-23(29(39)43-4)25-24-17(12-31)13-34(27(36)22-10-16-9-18(35(41)42)5-6-20(16)44-22)19(24)11-21(26(25)32-14)45-30(40)33(3)7-8-46-47-15(2)28(37)38/h5-6,9-11,15,17,32H,7-8,12-13H2,1-4H3,(H,37,38)/t15?,17-/m1/s1. The number of nitrogens with one attached hydrogen (secondary N) is 1. The lowest BCUT2D eigenvalue weighted by molar-refractivity contribution is -0.384. The minimum Gasteiger partial charge on any atom is -0.480 e. The van der Waals surface area contributed by atoms with Crippen LogP contribution in [0.2, 0.25) is 0 Å². The van der Waals surface area contributed by atoms with Crippen molar-refractivity contribution in [1.29, 1.82) is 0 Å². The summed E-state index contributed by atoms with van der Waals surface area (Å²) >= 11 is 6.42. The molecule has 47 heavy (non-hydrogen) atoms. The molecule has 5 rings (SSSR count). The first-order chi connectivity index (χ1) is 22.4. The van der Waals surface area contributed by atoms with Crippen LogP contribution < -0.4 is 9.64 Å². The number of nitro benzene ring substituents is 1. The number of nitro groups is 1. The molecule has 2 atom stereocenters. The van der Waals surface area contributed by atoms with E-state index >= 15 is 0 Å². The van der Waals surface area contributed by atoms with Gasteiger partial charge in [-0.25, -0.2) is 9.59 Å². The fourth-order valence-corrected chi connectivity index (χ4v) is 7.65. The van der Waals surface area contributed by atoms with Crippen LogP contribution in [0.4, 0.5) is 16.2 Å². The van der Waals surface area contributed by atoms with E-state index in [9.17, 15) is 29.3 Å². The zero-order valence-electron chi connectivity index (χ0n) is 25.5. The van der Waals surface area contributed by atoms with Gasteiger partial charge in [0.1, 0.15) is 10.8 Å². The van der Waals surface area contributed by atoms with Gasteiger partial charge in [0, 0.05) is 72.4 Å². The van der Waals surface area contributed by atoms with E-state index < -0.39 is 40.0 Å². The second-order valence-corrected chi connectivity index (χ2v) is 13.9. The van der Waals surface area contributed by atoms with Crippen molar-refractivity contribution in [2.75, 3.05) is 43.8 Å². The number of amides is 2. The predicted molar refractivity (Wildman–Crippen MR) is 178 cm³/mol. The van der Waals surface area contributed by atoms with Gasteiger partial charge < -0.3 is 33.8 Å². The zero-order chi connectivity index (χ0) is 34.2. The molecule has 2 aromatic carbocycles.